The second-order valence-electron chi connectivity index (χ2n) is 9.14. The van der Waals surface area contributed by atoms with Crippen LogP contribution in [0.15, 0.2) is 109 Å². The standard InChI is InChI=1S/C32H28O4/c1-3-21-18-19-26-30(34)25(22-12-7-5-8-13-22)20-28(33)32(26,23-14-9-6-10-15-23)29(21)24-16-11-17-27(31(24)35)36-4-2/h3,5-18,20,26,29,35H,1,4,19H2,2H3. The number of allylic oxidation sites excluding steroid dienone is 5. The van der Waals surface area contributed by atoms with E-state index in [1.165, 1.54) is 6.08 Å². The van der Waals surface area contributed by atoms with Crippen molar-refractivity contribution in [2.24, 2.45) is 5.92 Å². The number of fused-ring (bicyclic) bond motifs is 1. The third kappa shape index (κ3) is 3.53. The van der Waals surface area contributed by atoms with Crippen molar-refractivity contribution in [2.75, 3.05) is 6.61 Å². The first-order valence-electron chi connectivity index (χ1n) is 12.2. The van der Waals surface area contributed by atoms with Crippen LogP contribution < -0.4 is 4.74 Å². The highest BCUT2D eigenvalue weighted by Crippen LogP contribution is 2.58. The lowest BCUT2D eigenvalue weighted by Crippen LogP contribution is -2.54. The maximum absolute atomic E-state index is 14.4. The Kier molecular flexibility index (Phi) is 6.19. The van der Waals surface area contributed by atoms with Crippen molar-refractivity contribution in [3.8, 4) is 11.5 Å². The number of carbonyl (C=O) groups excluding carboxylic acids is 2. The number of hydrogen-bond donors (Lipinski definition) is 1. The highest BCUT2D eigenvalue weighted by atomic mass is 16.5. The third-order valence-corrected chi connectivity index (χ3v) is 7.41. The lowest BCUT2D eigenvalue weighted by atomic mass is 9.50. The third-order valence-electron chi connectivity index (χ3n) is 7.41. The number of ketones is 2. The Balaban J connectivity index is 1.82. The van der Waals surface area contributed by atoms with Gasteiger partial charge in [0.2, 0.25) is 0 Å². The molecule has 0 spiro atoms. The molecule has 3 unspecified atom stereocenters. The van der Waals surface area contributed by atoms with E-state index in [0.717, 1.165) is 16.7 Å². The van der Waals surface area contributed by atoms with Crippen molar-refractivity contribution in [3.63, 3.8) is 0 Å². The van der Waals surface area contributed by atoms with Crippen molar-refractivity contribution >= 4 is 17.1 Å². The number of phenols is 1. The average molecular weight is 477 g/mol. The van der Waals surface area contributed by atoms with Crippen molar-refractivity contribution in [1.82, 2.24) is 0 Å². The van der Waals surface area contributed by atoms with Crippen molar-refractivity contribution in [1.29, 1.82) is 0 Å². The molecule has 36 heavy (non-hydrogen) atoms. The molecule has 2 aliphatic rings. The Hall–Kier alpha value is -4.18. The summed E-state index contributed by atoms with van der Waals surface area (Å²) in [6.07, 6.45) is 5.61. The van der Waals surface area contributed by atoms with Crippen LogP contribution in [0.5, 0.6) is 11.5 Å². The second-order valence-corrected chi connectivity index (χ2v) is 9.14. The summed E-state index contributed by atoms with van der Waals surface area (Å²) in [5.74, 6) is -1.17. The zero-order valence-electron chi connectivity index (χ0n) is 20.2. The number of para-hydroxylation sites is 1. The molecule has 0 aliphatic heterocycles. The molecule has 180 valence electrons. The molecule has 3 aromatic carbocycles. The molecule has 1 N–H and O–H groups in total. The molecule has 2 aliphatic carbocycles. The van der Waals surface area contributed by atoms with Gasteiger partial charge in [0.15, 0.2) is 23.1 Å². The summed E-state index contributed by atoms with van der Waals surface area (Å²) in [7, 11) is 0. The van der Waals surface area contributed by atoms with E-state index in [2.05, 4.69) is 6.58 Å². The number of hydrogen-bond acceptors (Lipinski definition) is 4. The van der Waals surface area contributed by atoms with Gasteiger partial charge < -0.3 is 9.84 Å². The summed E-state index contributed by atoms with van der Waals surface area (Å²) >= 11 is 0. The summed E-state index contributed by atoms with van der Waals surface area (Å²) in [6, 6.07) is 24.1. The molecule has 0 heterocycles. The number of carbonyl (C=O) groups is 2. The van der Waals surface area contributed by atoms with Gasteiger partial charge >= 0.3 is 0 Å². The number of benzene rings is 3. The van der Waals surface area contributed by atoms with Crippen LogP contribution in [0, 0.1) is 5.92 Å². The number of phenolic OH excluding ortho intramolecular Hbond substituents is 1. The van der Waals surface area contributed by atoms with Crippen LogP contribution >= 0.6 is 0 Å². The highest BCUT2D eigenvalue weighted by molar-refractivity contribution is 6.31. The summed E-state index contributed by atoms with van der Waals surface area (Å²) in [5, 5.41) is 11.3. The fraction of sp³-hybridized carbons (Fsp3) is 0.188. The van der Waals surface area contributed by atoms with Gasteiger partial charge in [0.05, 0.1) is 12.0 Å². The van der Waals surface area contributed by atoms with Crippen LogP contribution in [0.4, 0.5) is 0 Å². The summed E-state index contributed by atoms with van der Waals surface area (Å²) in [6.45, 7) is 6.26. The summed E-state index contributed by atoms with van der Waals surface area (Å²) < 4.78 is 5.68. The van der Waals surface area contributed by atoms with E-state index in [1.807, 2.05) is 79.7 Å². The Morgan fingerprint density at radius 1 is 1.00 bits per heavy atom. The van der Waals surface area contributed by atoms with Gasteiger partial charge in [0.25, 0.3) is 0 Å². The number of rotatable bonds is 6. The minimum Gasteiger partial charge on any atom is -0.504 e. The Bertz CT molecular complexity index is 1380. The first kappa shape index (κ1) is 23.6. The molecule has 4 nitrogen and oxygen atoms in total. The molecule has 3 atom stereocenters. The predicted octanol–water partition coefficient (Wildman–Crippen LogP) is 6.18. The maximum atomic E-state index is 14.4. The summed E-state index contributed by atoms with van der Waals surface area (Å²) in [4.78, 5) is 28.6. The Morgan fingerprint density at radius 3 is 2.36 bits per heavy atom. The highest BCUT2D eigenvalue weighted by Gasteiger charge is 2.59. The van der Waals surface area contributed by atoms with Gasteiger partial charge in [-0.15, -0.1) is 0 Å². The fourth-order valence-electron chi connectivity index (χ4n) is 5.90. The summed E-state index contributed by atoms with van der Waals surface area (Å²) in [5.41, 5.74) is 2.01. The minimum absolute atomic E-state index is 0.0221. The smallest absolute Gasteiger partial charge is 0.168 e. The molecule has 4 heteroatoms. The molecule has 0 amide bonds. The van der Waals surface area contributed by atoms with Crippen LogP contribution in [0.2, 0.25) is 0 Å². The average Bonchev–Trinajstić information content (AvgIpc) is 2.92. The van der Waals surface area contributed by atoms with E-state index in [1.54, 1.807) is 18.2 Å². The lowest BCUT2D eigenvalue weighted by Gasteiger charge is -2.49. The van der Waals surface area contributed by atoms with Gasteiger partial charge in [-0.05, 0) is 42.2 Å². The molecule has 5 rings (SSSR count). The van der Waals surface area contributed by atoms with Crippen molar-refractivity contribution in [2.45, 2.75) is 24.7 Å². The van der Waals surface area contributed by atoms with E-state index < -0.39 is 17.3 Å². The van der Waals surface area contributed by atoms with Crippen LogP contribution in [0.1, 0.15) is 36.0 Å². The van der Waals surface area contributed by atoms with Crippen LogP contribution in [-0.2, 0) is 15.0 Å². The number of Topliss-reactive ketones (excluding diaryl/α,β-unsaturated/α-hetero) is 1. The van der Waals surface area contributed by atoms with E-state index in [4.69, 9.17) is 4.74 Å². The molecule has 0 fully saturated rings. The molecule has 0 radical (unpaired) electrons. The normalized spacial score (nSPS) is 23.4. The van der Waals surface area contributed by atoms with Gasteiger partial charge in [-0.2, -0.15) is 0 Å². The molecular weight excluding hydrogens is 448 g/mol. The monoisotopic (exact) mass is 476 g/mol. The van der Waals surface area contributed by atoms with Crippen LogP contribution in [0.25, 0.3) is 5.57 Å². The maximum Gasteiger partial charge on any atom is 0.168 e. The van der Waals surface area contributed by atoms with Gasteiger partial charge in [0, 0.05) is 23.0 Å². The Labute approximate surface area is 211 Å². The van der Waals surface area contributed by atoms with E-state index >= 15 is 0 Å². The van der Waals surface area contributed by atoms with E-state index in [-0.39, 0.29) is 17.3 Å². The zero-order chi connectivity index (χ0) is 25.3. The Morgan fingerprint density at radius 2 is 1.69 bits per heavy atom. The first-order chi connectivity index (χ1) is 17.5. The second kappa shape index (κ2) is 9.46. The molecular formula is C32H28O4. The van der Waals surface area contributed by atoms with E-state index in [9.17, 15) is 14.7 Å². The van der Waals surface area contributed by atoms with Crippen LogP contribution in [-0.4, -0.2) is 23.3 Å². The van der Waals surface area contributed by atoms with Gasteiger partial charge in [0.1, 0.15) is 0 Å². The van der Waals surface area contributed by atoms with Gasteiger partial charge in [-0.1, -0.05) is 91.5 Å². The molecule has 0 bridgehead atoms. The molecule has 3 aromatic rings. The molecule has 0 saturated carbocycles. The predicted molar refractivity (Wildman–Crippen MR) is 141 cm³/mol. The number of ether oxygens (including phenoxy) is 1. The molecule has 0 saturated heterocycles. The van der Waals surface area contributed by atoms with Crippen molar-refractivity contribution < 1.29 is 19.4 Å². The zero-order valence-corrected chi connectivity index (χ0v) is 20.2. The quantitative estimate of drug-likeness (QED) is 0.461. The van der Waals surface area contributed by atoms with Gasteiger partial charge in [-0.3, -0.25) is 9.59 Å². The van der Waals surface area contributed by atoms with Crippen LogP contribution in [0.3, 0.4) is 0 Å². The van der Waals surface area contributed by atoms with Crippen molar-refractivity contribution in [3.05, 3.63) is 126 Å². The number of aromatic hydroxyl groups is 1. The minimum atomic E-state index is -1.24. The lowest BCUT2D eigenvalue weighted by molar-refractivity contribution is -0.131. The largest absolute Gasteiger partial charge is 0.504 e. The van der Waals surface area contributed by atoms with Gasteiger partial charge in [-0.25, -0.2) is 0 Å². The SMILES string of the molecule is C=CC1=CCC2C(=O)C(c3ccccc3)=CC(=O)C2(c2ccccc2)C1c1cccc(OCC)c1O. The first-order valence-corrected chi connectivity index (χ1v) is 12.2. The van der Waals surface area contributed by atoms with E-state index in [0.29, 0.717) is 29.9 Å². The molecule has 0 aromatic heterocycles. The topological polar surface area (TPSA) is 63.6 Å². The fourth-order valence-corrected chi connectivity index (χ4v) is 5.90.